The van der Waals surface area contributed by atoms with Crippen LogP contribution < -0.4 is 11.1 Å². The third-order valence-corrected chi connectivity index (χ3v) is 4.46. The molecular formula is C15H32N4O. The van der Waals surface area contributed by atoms with Crippen LogP contribution in [-0.4, -0.2) is 48.7 Å². The van der Waals surface area contributed by atoms with Crippen LogP contribution in [0.1, 0.15) is 46.5 Å². The van der Waals surface area contributed by atoms with Gasteiger partial charge in [-0.2, -0.15) is 0 Å². The summed E-state index contributed by atoms with van der Waals surface area (Å²) < 4.78 is 0. The molecule has 1 fully saturated rings. The van der Waals surface area contributed by atoms with Gasteiger partial charge in [0.2, 0.25) is 0 Å². The molecule has 0 radical (unpaired) electrons. The fourth-order valence-electron chi connectivity index (χ4n) is 2.75. The van der Waals surface area contributed by atoms with Crippen LogP contribution in [0.3, 0.4) is 0 Å². The summed E-state index contributed by atoms with van der Waals surface area (Å²) in [5, 5.41) is 15.4. The highest BCUT2D eigenvalue weighted by Crippen LogP contribution is 2.23. The van der Waals surface area contributed by atoms with Crippen molar-refractivity contribution in [2.45, 2.75) is 46.5 Å². The Bertz CT molecular complexity index is 304. The second kappa shape index (κ2) is 8.47. The van der Waals surface area contributed by atoms with Gasteiger partial charge in [0.15, 0.2) is 0 Å². The van der Waals surface area contributed by atoms with E-state index >= 15 is 0 Å². The molecule has 5 nitrogen and oxygen atoms in total. The molecule has 1 heterocycles. The molecule has 118 valence electrons. The minimum absolute atomic E-state index is 0.207. The summed E-state index contributed by atoms with van der Waals surface area (Å²) >= 11 is 0. The smallest absolute Gasteiger partial charge is 0.144 e. The molecule has 0 aromatic carbocycles. The molecule has 1 atom stereocenters. The van der Waals surface area contributed by atoms with E-state index in [1.807, 2.05) is 13.8 Å². The maximum Gasteiger partial charge on any atom is 0.144 e. The molecular weight excluding hydrogens is 252 g/mol. The largest absolute Gasteiger partial charge is 0.409 e. The lowest BCUT2D eigenvalue weighted by Crippen LogP contribution is -2.32. The molecule has 20 heavy (non-hydrogen) atoms. The molecule has 0 spiro atoms. The average molecular weight is 284 g/mol. The molecule has 5 heteroatoms. The van der Waals surface area contributed by atoms with E-state index in [1.165, 1.54) is 26.1 Å². The zero-order chi connectivity index (χ0) is 15.0. The second-order valence-corrected chi connectivity index (χ2v) is 6.58. The van der Waals surface area contributed by atoms with Crippen molar-refractivity contribution in [3.05, 3.63) is 0 Å². The second-order valence-electron chi connectivity index (χ2n) is 6.58. The number of nitrogens with two attached hydrogens (primary N) is 1. The molecule has 0 saturated carbocycles. The van der Waals surface area contributed by atoms with Crippen LogP contribution in [0, 0.1) is 11.3 Å². The van der Waals surface area contributed by atoms with Gasteiger partial charge in [0.1, 0.15) is 5.84 Å². The number of rotatable bonds is 9. The van der Waals surface area contributed by atoms with E-state index in [9.17, 15) is 0 Å². The van der Waals surface area contributed by atoms with Gasteiger partial charge in [0, 0.05) is 12.0 Å². The van der Waals surface area contributed by atoms with Crippen LogP contribution in [0.25, 0.3) is 0 Å². The molecule has 1 unspecified atom stereocenters. The van der Waals surface area contributed by atoms with Crippen molar-refractivity contribution in [1.82, 2.24) is 10.2 Å². The summed E-state index contributed by atoms with van der Waals surface area (Å²) in [6.45, 7) is 12.2. The Labute approximate surface area is 123 Å². The summed E-state index contributed by atoms with van der Waals surface area (Å²) in [5.41, 5.74) is 5.47. The summed E-state index contributed by atoms with van der Waals surface area (Å²) in [4.78, 5) is 2.52. The van der Waals surface area contributed by atoms with Crippen molar-refractivity contribution in [3.8, 4) is 0 Å². The van der Waals surface area contributed by atoms with Crippen molar-refractivity contribution in [2.75, 3.05) is 32.7 Å². The molecule has 0 bridgehead atoms. The van der Waals surface area contributed by atoms with Crippen molar-refractivity contribution >= 4 is 5.84 Å². The van der Waals surface area contributed by atoms with Crippen LogP contribution in [0.5, 0.6) is 0 Å². The number of hydrogen-bond donors (Lipinski definition) is 3. The van der Waals surface area contributed by atoms with Gasteiger partial charge < -0.3 is 21.2 Å². The van der Waals surface area contributed by atoms with E-state index in [0.29, 0.717) is 5.84 Å². The van der Waals surface area contributed by atoms with Gasteiger partial charge in [-0.15, -0.1) is 0 Å². The number of hydrogen-bond acceptors (Lipinski definition) is 4. The highest BCUT2D eigenvalue weighted by Gasteiger charge is 2.23. The van der Waals surface area contributed by atoms with E-state index in [0.717, 1.165) is 38.3 Å². The molecule has 1 aliphatic rings. The van der Waals surface area contributed by atoms with Gasteiger partial charge >= 0.3 is 0 Å². The van der Waals surface area contributed by atoms with Gasteiger partial charge in [-0.05, 0) is 51.4 Å². The fraction of sp³-hybridized carbons (Fsp3) is 0.933. The third-order valence-electron chi connectivity index (χ3n) is 4.46. The average Bonchev–Trinajstić information content (AvgIpc) is 2.89. The molecule has 1 rings (SSSR count). The maximum atomic E-state index is 8.72. The fourth-order valence-corrected chi connectivity index (χ4v) is 2.75. The van der Waals surface area contributed by atoms with Crippen LogP contribution >= 0.6 is 0 Å². The highest BCUT2D eigenvalue weighted by atomic mass is 16.4. The number of oxime groups is 1. The van der Waals surface area contributed by atoms with Crippen molar-refractivity contribution in [3.63, 3.8) is 0 Å². The van der Waals surface area contributed by atoms with E-state index < -0.39 is 0 Å². The lowest BCUT2D eigenvalue weighted by Gasteiger charge is -2.22. The van der Waals surface area contributed by atoms with Gasteiger partial charge in [0.05, 0.1) is 0 Å². The maximum absolute atomic E-state index is 8.72. The standard InChI is InChI=1S/C15H32N4O/c1-4-19-10-7-13(12-19)11-17-9-6-5-8-15(2,3)14(16)18-20/h13,17,20H,4-12H2,1-3H3,(H2,16,18). The van der Waals surface area contributed by atoms with Crippen molar-refractivity contribution in [1.29, 1.82) is 0 Å². The number of unbranched alkanes of at least 4 members (excludes halogenated alkanes) is 1. The van der Waals surface area contributed by atoms with Crippen LogP contribution in [0.2, 0.25) is 0 Å². The molecule has 0 aromatic heterocycles. The van der Waals surface area contributed by atoms with E-state index in [2.05, 4.69) is 22.3 Å². The zero-order valence-corrected chi connectivity index (χ0v) is 13.4. The monoisotopic (exact) mass is 284 g/mol. The van der Waals surface area contributed by atoms with Gasteiger partial charge in [-0.3, -0.25) is 0 Å². The predicted molar refractivity (Wildman–Crippen MR) is 84.1 cm³/mol. The zero-order valence-electron chi connectivity index (χ0n) is 13.4. The summed E-state index contributed by atoms with van der Waals surface area (Å²) in [6.07, 6.45) is 4.53. The van der Waals surface area contributed by atoms with E-state index in [4.69, 9.17) is 10.9 Å². The first-order valence-electron chi connectivity index (χ1n) is 7.90. The van der Waals surface area contributed by atoms with Crippen LogP contribution in [0.4, 0.5) is 0 Å². The van der Waals surface area contributed by atoms with Crippen molar-refractivity contribution < 1.29 is 5.21 Å². The Balaban J connectivity index is 2.03. The van der Waals surface area contributed by atoms with Crippen molar-refractivity contribution in [2.24, 2.45) is 22.2 Å². The molecule has 4 N–H and O–H groups in total. The van der Waals surface area contributed by atoms with Gasteiger partial charge in [-0.1, -0.05) is 32.3 Å². The minimum atomic E-state index is -0.207. The number of nitrogens with one attached hydrogen (secondary N) is 1. The Kier molecular flexibility index (Phi) is 7.30. The first-order chi connectivity index (χ1) is 9.49. The first kappa shape index (κ1) is 17.2. The Morgan fingerprint density at radius 1 is 1.45 bits per heavy atom. The van der Waals surface area contributed by atoms with E-state index in [1.54, 1.807) is 0 Å². The molecule has 0 amide bonds. The third kappa shape index (κ3) is 5.67. The molecule has 0 aliphatic carbocycles. The normalized spacial score (nSPS) is 21.6. The van der Waals surface area contributed by atoms with E-state index in [-0.39, 0.29) is 5.41 Å². The summed E-state index contributed by atoms with van der Waals surface area (Å²) in [7, 11) is 0. The predicted octanol–water partition coefficient (Wildman–Crippen LogP) is 1.86. The Morgan fingerprint density at radius 3 is 2.80 bits per heavy atom. The number of nitrogens with zero attached hydrogens (tertiary/aromatic N) is 2. The minimum Gasteiger partial charge on any atom is -0.409 e. The van der Waals surface area contributed by atoms with Gasteiger partial charge in [-0.25, -0.2) is 0 Å². The molecule has 0 aromatic rings. The number of amidine groups is 1. The lowest BCUT2D eigenvalue weighted by molar-refractivity contribution is 0.304. The summed E-state index contributed by atoms with van der Waals surface area (Å²) in [6, 6.07) is 0. The van der Waals surface area contributed by atoms with Gasteiger partial charge in [0.25, 0.3) is 0 Å². The van der Waals surface area contributed by atoms with Crippen LogP contribution in [-0.2, 0) is 0 Å². The summed E-state index contributed by atoms with van der Waals surface area (Å²) in [5.74, 6) is 1.15. The van der Waals surface area contributed by atoms with Crippen LogP contribution in [0.15, 0.2) is 5.16 Å². The first-order valence-corrected chi connectivity index (χ1v) is 7.90. The Morgan fingerprint density at radius 2 is 2.20 bits per heavy atom. The topological polar surface area (TPSA) is 73.9 Å². The molecule has 1 saturated heterocycles. The molecule has 1 aliphatic heterocycles. The number of likely N-dealkylation sites (tertiary alicyclic amines) is 1. The Hall–Kier alpha value is -0.810. The SMILES string of the molecule is CCN1CCC(CNCCCCC(C)(C)C(N)=NO)C1. The lowest BCUT2D eigenvalue weighted by atomic mass is 9.86. The highest BCUT2D eigenvalue weighted by molar-refractivity contribution is 5.85. The quantitative estimate of drug-likeness (QED) is 0.199.